The lowest BCUT2D eigenvalue weighted by Gasteiger charge is -2.33. The zero-order chi connectivity index (χ0) is 13.8. The highest BCUT2D eigenvalue weighted by molar-refractivity contribution is 5.48. The summed E-state index contributed by atoms with van der Waals surface area (Å²) in [6, 6.07) is 9.76. The first-order valence-corrected chi connectivity index (χ1v) is 7.26. The summed E-state index contributed by atoms with van der Waals surface area (Å²) in [6.45, 7) is 6.76. The van der Waals surface area contributed by atoms with Crippen LogP contribution < -0.4 is 4.90 Å². The molecule has 1 N–H and O–H groups in total. The summed E-state index contributed by atoms with van der Waals surface area (Å²) in [4.78, 5) is 4.88. The fourth-order valence-electron chi connectivity index (χ4n) is 2.81. The van der Waals surface area contributed by atoms with Crippen molar-refractivity contribution in [3.8, 4) is 0 Å². The van der Waals surface area contributed by atoms with E-state index in [1.807, 2.05) is 0 Å². The quantitative estimate of drug-likeness (QED) is 0.905. The molecule has 1 heterocycles. The molecule has 106 valence electrons. The molecule has 2 atom stereocenters. The van der Waals surface area contributed by atoms with E-state index in [0.717, 1.165) is 19.5 Å². The highest BCUT2D eigenvalue weighted by Crippen LogP contribution is 2.24. The number of aliphatic hydroxyl groups excluding tert-OH is 1. The topological polar surface area (TPSA) is 26.7 Å². The second kappa shape index (κ2) is 6.40. The first kappa shape index (κ1) is 14.4. The van der Waals surface area contributed by atoms with Crippen LogP contribution in [0.5, 0.6) is 0 Å². The summed E-state index contributed by atoms with van der Waals surface area (Å²) in [7, 11) is 2.19. The maximum absolute atomic E-state index is 9.33. The minimum atomic E-state index is 0.259. The molecule has 3 heteroatoms. The van der Waals surface area contributed by atoms with Gasteiger partial charge < -0.3 is 14.9 Å². The van der Waals surface area contributed by atoms with Gasteiger partial charge in [-0.05, 0) is 45.9 Å². The normalized spacial score (nSPS) is 25.4. The van der Waals surface area contributed by atoms with Crippen molar-refractivity contribution in [3.05, 3.63) is 29.8 Å². The highest BCUT2D eigenvalue weighted by Gasteiger charge is 2.26. The molecule has 1 saturated heterocycles. The minimum Gasteiger partial charge on any atom is -0.396 e. The SMILES string of the molecule is Cc1ccc(N2CCC(C)N(C)CC2CCO)cc1. The number of hydrogen-bond donors (Lipinski definition) is 1. The molecule has 3 nitrogen and oxygen atoms in total. The standard InChI is InChI=1S/C16H26N2O/c1-13-4-6-15(7-5-13)18-10-8-14(2)17(3)12-16(18)9-11-19/h4-7,14,16,19H,8-12H2,1-3H3. The average molecular weight is 262 g/mol. The van der Waals surface area contributed by atoms with Crippen LogP contribution in [0.2, 0.25) is 0 Å². The second-order valence-corrected chi connectivity index (χ2v) is 5.77. The van der Waals surface area contributed by atoms with E-state index in [1.165, 1.54) is 17.7 Å². The fraction of sp³-hybridized carbons (Fsp3) is 0.625. The Morgan fingerprint density at radius 1 is 1.26 bits per heavy atom. The maximum atomic E-state index is 9.33. The van der Waals surface area contributed by atoms with E-state index >= 15 is 0 Å². The van der Waals surface area contributed by atoms with E-state index in [-0.39, 0.29) is 6.61 Å². The summed E-state index contributed by atoms with van der Waals surface area (Å²) in [5, 5.41) is 9.33. The zero-order valence-electron chi connectivity index (χ0n) is 12.3. The zero-order valence-corrected chi connectivity index (χ0v) is 12.3. The van der Waals surface area contributed by atoms with Crippen molar-refractivity contribution in [2.75, 3.05) is 31.6 Å². The van der Waals surface area contributed by atoms with Gasteiger partial charge in [0.25, 0.3) is 0 Å². The predicted molar refractivity (Wildman–Crippen MR) is 80.7 cm³/mol. The van der Waals surface area contributed by atoms with Gasteiger partial charge in [-0.2, -0.15) is 0 Å². The first-order valence-electron chi connectivity index (χ1n) is 7.26. The van der Waals surface area contributed by atoms with Crippen molar-refractivity contribution in [1.29, 1.82) is 0 Å². The van der Waals surface area contributed by atoms with Gasteiger partial charge in [0.05, 0.1) is 0 Å². The van der Waals surface area contributed by atoms with Gasteiger partial charge in [-0.1, -0.05) is 17.7 Å². The van der Waals surface area contributed by atoms with Crippen molar-refractivity contribution in [1.82, 2.24) is 4.90 Å². The lowest BCUT2D eigenvalue weighted by Crippen LogP contribution is -2.41. The summed E-state index contributed by atoms with van der Waals surface area (Å²) in [5.74, 6) is 0. The van der Waals surface area contributed by atoms with E-state index in [2.05, 4.69) is 55.0 Å². The van der Waals surface area contributed by atoms with E-state index in [1.54, 1.807) is 0 Å². The van der Waals surface area contributed by atoms with E-state index in [0.29, 0.717) is 12.1 Å². The maximum Gasteiger partial charge on any atom is 0.0451 e. The fourth-order valence-corrected chi connectivity index (χ4v) is 2.81. The number of aryl methyl sites for hydroxylation is 1. The Labute approximate surface area is 116 Å². The van der Waals surface area contributed by atoms with Crippen LogP contribution in [0.15, 0.2) is 24.3 Å². The van der Waals surface area contributed by atoms with E-state index in [4.69, 9.17) is 0 Å². The van der Waals surface area contributed by atoms with Crippen LogP contribution in [0.4, 0.5) is 5.69 Å². The molecule has 1 aliphatic heterocycles. The number of rotatable bonds is 3. The highest BCUT2D eigenvalue weighted by atomic mass is 16.3. The van der Waals surface area contributed by atoms with Crippen LogP contribution in [-0.2, 0) is 0 Å². The first-order chi connectivity index (χ1) is 9.11. The van der Waals surface area contributed by atoms with Gasteiger partial charge in [0.2, 0.25) is 0 Å². The van der Waals surface area contributed by atoms with Gasteiger partial charge in [0.1, 0.15) is 0 Å². The molecule has 0 aliphatic carbocycles. The van der Waals surface area contributed by atoms with Crippen molar-refractivity contribution < 1.29 is 5.11 Å². The Hall–Kier alpha value is -1.06. The monoisotopic (exact) mass is 262 g/mol. The molecule has 1 fully saturated rings. The molecular weight excluding hydrogens is 236 g/mol. The van der Waals surface area contributed by atoms with E-state index < -0.39 is 0 Å². The third kappa shape index (κ3) is 3.48. The molecule has 1 aromatic rings. The molecule has 0 amide bonds. The van der Waals surface area contributed by atoms with Crippen LogP contribution in [0.3, 0.4) is 0 Å². The predicted octanol–water partition coefficient (Wildman–Crippen LogP) is 2.28. The second-order valence-electron chi connectivity index (χ2n) is 5.77. The van der Waals surface area contributed by atoms with Crippen LogP contribution in [-0.4, -0.2) is 48.8 Å². The Kier molecular flexibility index (Phi) is 4.83. The minimum absolute atomic E-state index is 0.259. The Morgan fingerprint density at radius 3 is 2.58 bits per heavy atom. The molecule has 0 aromatic heterocycles. The Bertz CT molecular complexity index is 390. The summed E-state index contributed by atoms with van der Waals surface area (Å²) >= 11 is 0. The third-order valence-electron chi connectivity index (χ3n) is 4.31. The summed E-state index contributed by atoms with van der Waals surface area (Å²) in [6.07, 6.45) is 2.01. The van der Waals surface area contributed by atoms with Gasteiger partial charge in [0, 0.05) is 37.5 Å². The van der Waals surface area contributed by atoms with Crippen molar-refractivity contribution >= 4 is 5.69 Å². The number of likely N-dealkylation sites (N-methyl/N-ethyl adjacent to an activating group) is 1. The molecule has 1 aliphatic rings. The summed E-state index contributed by atoms with van der Waals surface area (Å²) in [5.41, 5.74) is 2.58. The van der Waals surface area contributed by atoms with Crippen LogP contribution in [0.1, 0.15) is 25.3 Å². The van der Waals surface area contributed by atoms with Gasteiger partial charge in [-0.3, -0.25) is 0 Å². The van der Waals surface area contributed by atoms with Crippen LogP contribution in [0.25, 0.3) is 0 Å². The molecule has 0 bridgehead atoms. The number of aliphatic hydroxyl groups is 1. The van der Waals surface area contributed by atoms with Crippen LogP contribution in [0, 0.1) is 6.92 Å². The molecule has 0 radical (unpaired) electrons. The lowest BCUT2D eigenvalue weighted by molar-refractivity contribution is 0.227. The van der Waals surface area contributed by atoms with Gasteiger partial charge in [-0.15, -0.1) is 0 Å². The number of anilines is 1. The number of nitrogens with zero attached hydrogens (tertiary/aromatic N) is 2. The molecule has 1 aromatic carbocycles. The number of benzene rings is 1. The molecule has 2 unspecified atom stereocenters. The number of hydrogen-bond acceptors (Lipinski definition) is 3. The molecule has 0 saturated carbocycles. The summed E-state index contributed by atoms with van der Waals surface area (Å²) < 4.78 is 0. The third-order valence-corrected chi connectivity index (χ3v) is 4.31. The lowest BCUT2D eigenvalue weighted by atomic mass is 10.1. The van der Waals surface area contributed by atoms with Crippen molar-refractivity contribution in [3.63, 3.8) is 0 Å². The Morgan fingerprint density at radius 2 is 1.95 bits per heavy atom. The van der Waals surface area contributed by atoms with Crippen LogP contribution >= 0.6 is 0 Å². The largest absolute Gasteiger partial charge is 0.396 e. The molecule has 0 spiro atoms. The molecule has 2 rings (SSSR count). The average Bonchev–Trinajstić information content (AvgIpc) is 2.52. The van der Waals surface area contributed by atoms with Gasteiger partial charge in [-0.25, -0.2) is 0 Å². The van der Waals surface area contributed by atoms with Crippen molar-refractivity contribution in [2.24, 2.45) is 0 Å². The van der Waals surface area contributed by atoms with Gasteiger partial charge in [0.15, 0.2) is 0 Å². The smallest absolute Gasteiger partial charge is 0.0451 e. The Balaban J connectivity index is 2.21. The van der Waals surface area contributed by atoms with Crippen molar-refractivity contribution in [2.45, 2.75) is 38.8 Å². The molecular formula is C16H26N2O. The van der Waals surface area contributed by atoms with E-state index in [9.17, 15) is 5.11 Å². The molecule has 19 heavy (non-hydrogen) atoms. The van der Waals surface area contributed by atoms with Gasteiger partial charge >= 0.3 is 0 Å².